The van der Waals surface area contributed by atoms with Gasteiger partial charge in [0.05, 0.1) is 24.1 Å². The third kappa shape index (κ3) is 2.35. The van der Waals surface area contributed by atoms with Crippen molar-refractivity contribution in [3.8, 4) is 11.5 Å². The molecular weight excluding hydrogens is 284 g/mol. The molecule has 114 valence electrons. The fraction of sp³-hybridized carbons (Fsp3) is 0.235. The van der Waals surface area contributed by atoms with Crippen molar-refractivity contribution < 1.29 is 18.3 Å². The number of fused-ring (bicyclic) bond motifs is 2. The maximum Gasteiger partial charge on any atom is 0.336 e. The summed E-state index contributed by atoms with van der Waals surface area (Å²) < 4.78 is 22.1. The van der Waals surface area contributed by atoms with Crippen LogP contribution in [0.5, 0.6) is 11.5 Å². The molecule has 3 aromatic rings. The summed E-state index contributed by atoms with van der Waals surface area (Å²) in [6.45, 7) is 4.33. The van der Waals surface area contributed by atoms with Crippen molar-refractivity contribution in [2.75, 3.05) is 13.7 Å². The Morgan fingerprint density at radius 1 is 1.14 bits per heavy atom. The van der Waals surface area contributed by atoms with E-state index in [-0.39, 0.29) is 0 Å². The highest BCUT2D eigenvalue weighted by Gasteiger charge is 2.20. The number of rotatable bonds is 4. The standard InChI is InChI=1S/C17H16O5/c1-10(2)6-8-21-17-15-12(7-9-20-15)14(19-3)11-4-5-13(18)22-16(11)17/h4-7,9H,8H2,1-3H3. The molecule has 0 aliphatic rings. The van der Waals surface area contributed by atoms with Crippen LogP contribution < -0.4 is 15.1 Å². The molecule has 0 bridgehead atoms. The maximum atomic E-state index is 11.6. The van der Waals surface area contributed by atoms with E-state index in [1.807, 2.05) is 19.9 Å². The van der Waals surface area contributed by atoms with Gasteiger partial charge < -0.3 is 18.3 Å². The molecule has 3 rings (SSSR count). The summed E-state index contributed by atoms with van der Waals surface area (Å²) in [6, 6.07) is 4.82. The van der Waals surface area contributed by atoms with Crippen molar-refractivity contribution in [2.24, 2.45) is 0 Å². The number of hydrogen-bond acceptors (Lipinski definition) is 5. The van der Waals surface area contributed by atoms with Gasteiger partial charge in [-0.3, -0.25) is 0 Å². The van der Waals surface area contributed by atoms with Crippen molar-refractivity contribution in [2.45, 2.75) is 13.8 Å². The predicted molar refractivity (Wildman–Crippen MR) is 83.7 cm³/mol. The number of benzene rings is 1. The van der Waals surface area contributed by atoms with Crippen molar-refractivity contribution in [1.82, 2.24) is 0 Å². The van der Waals surface area contributed by atoms with Crippen LogP contribution in [0.15, 0.2) is 49.7 Å². The van der Waals surface area contributed by atoms with Gasteiger partial charge >= 0.3 is 5.63 Å². The van der Waals surface area contributed by atoms with Crippen LogP contribution in [0.4, 0.5) is 0 Å². The summed E-state index contributed by atoms with van der Waals surface area (Å²) in [7, 11) is 1.57. The van der Waals surface area contributed by atoms with E-state index in [9.17, 15) is 4.79 Å². The quantitative estimate of drug-likeness (QED) is 0.540. The Kier molecular flexibility index (Phi) is 3.63. The molecule has 2 heterocycles. The highest BCUT2D eigenvalue weighted by atomic mass is 16.5. The van der Waals surface area contributed by atoms with Crippen LogP contribution in [0, 0.1) is 0 Å². The topological polar surface area (TPSA) is 61.8 Å². The minimum atomic E-state index is -0.451. The first kappa shape index (κ1) is 14.3. The second kappa shape index (κ2) is 5.60. The molecule has 0 saturated heterocycles. The summed E-state index contributed by atoms with van der Waals surface area (Å²) >= 11 is 0. The van der Waals surface area contributed by atoms with E-state index in [1.54, 1.807) is 25.5 Å². The lowest BCUT2D eigenvalue weighted by molar-refractivity contribution is 0.354. The van der Waals surface area contributed by atoms with Crippen molar-refractivity contribution in [3.63, 3.8) is 0 Å². The van der Waals surface area contributed by atoms with Gasteiger partial charge in [0.1, 0.15) is 12.4 Å². The highest BCUT2D eigenvalue weighted by Crippen LogP contribution is 2.42. The molecule has 22 heavy (non-hydrogen) atoms. The molecule has 0 spiro atoms. The van der Waals surface area contributed by atoms with Crippen LogP contribution in [0.25, 0.3) is 21.9 Å². The van der Waals surface area contributed by atoms with E-state index in [2.05, 4.69) is 0 Å². The Labute approximate surface area is 126 Å². The van der Waals surface area contributed by atoms with Crippen molar-refractivity contribution in [1.29, 1.82) is 0 Å². The SMILES string of the molecule is COc1c2ccoc2c(OCC=C(C)C)c2oc(=O)ccc12. The number of ether oxygens (including phenoxy) is 2. The Hall–Kier alpha value is -2.69. The van der Waals surface area contributed by atoms with Gasteiger partial charge in [-0.2, -0.15) is 0 Å². The predicted octanol–water partition coefficient (Wildman–Crippen LogP) is 3.89. The van der Waals surface area contributed by atoms with Crippen LogP contribution in [-0.4, -0.2) is 13.7 Å². The first-order valence-corrected chi connectivity index (χ1v) is 6.89. The second-order valence-corrected chi connectivity index (χ2v) is 5.12. The summed E-state index contributed by atoms with van der Waals surface area (Å²) in [5.41, 5.74) is 1.51. The van der Waals surface area contributed by atoms with E-state index >= 15 is 0 Å². The zero-order valence-corrected chi connectivity index (χ0v) is 12.6. The fourth-order valence-corrected chi connectivity index (χ4v) is 2.32. The smallest absolute Gasteiger partial charge is 0.336 e. The van der Waals surface area contributed by atoms with Crippen LogP contribution in [0.3, 0.4) is 0 Å². The number of furan rings is 1. The summed E-state index contributed by atoms with van der Waals surface area (Å²) in [5, 5.41) is 1.44. The lowest BCUT2D eigenvalue weighted by atomic mass is 10.1. The average Bonchev–Trinajstić information content (AvgIpc) is 2.95. The van der Waals surface area contributed by atoms with Gasteiger partial charge in [0, 0.05) is 6.07 Å². The summed E-state index contributed by atoms with van der Waals surface area (Å²) in [6.07, 6.45) is 3.49. The summed E-state index contributed by atoms with van der Waals surface area (Å²) in [4.78, 5) is 11.6. The monoisotopic (exact) mass is 300 g/mol. The van der Waals surface area contributed by atoms with Crippen molar-refractivity contribution >= 4 is 21.9 Å². The van der Waals surface area contributed by atoms with Gasteiger partial charge in [0.25, 0.3) is 0 Å². The highest BCUT2D eigenvalue weighted by molar-refractivity contribution is 6.06. The van der Waals surface area contributed by atoms with Crippen LogP contribution in [0.2, 0.25) is 0 Å². The molecule has 0 aliphatic carbocycles. The minimum Gasteiger partial charge on any atom is -0.495 e. The van der Waals surface area contributed by atoms with Gasteiger partial charge in [-0.1, -0.05) is 5.57 Å². The second-order valence-electron chi connectivity index (χ2n) is 5.12. The van der Waals surface area contributed by atoms with E-state index in [0.717, 1.165) is 11.0 Å². The number of hydrogen-bond donors (Lipinski definition) is 0. The molecule has 0 fully saturated rings. The zero-order chi connectivity index (χ0) is 15.7. The molecule has 1 aromatic carbocycles. The Bertz CT molecular complexity index is 910. The molecule has 5 nitrogen and oxygen atoms in total. The van der Waals surface area contributed by atoms with Gasteiger partial charge in [-0.05, 0) is 32.1 Å². The third-order valence-corrected chi connectivity index (χ3v) is 3.32. The van der Waals surface area contributed by atoms with Gasteiger partial charge in [0.2, 0.25) is 5.75 Å². The largest absolute Gasteiger partial charge is 0.495 e. The molecule has 0 amide bonds. The van der Waals surface area contributed by atoms with Gasteiger partial charge in [-0.15, -0.1) is 0 Å². The summed E-state index contributed by atoms with van der Waals surface area (Å²) in [5.74, 6) is 1.00. The molecule has 0 aliphatic heterocycles. The zero-order valence-electron chi connectivity index (χ0n) is 12.6. The third-order valence-electron chi connectivity index (χ3n) is 3.32. The van der Waals surface area contributed by atoms with Crippen LogP contribution in [-0.2, 0) is 0 Å². The molecule has 0 saturated carbocycles. The van der Waals surface area contributed by atoms with Crippen LogP contribution >= 0.6 is 0 Å². The molecule has 0 atom stereocenters. The van der Waals surface area contributed by atoms with Gasteiger partial charge in [-0.25, -0.2) is 4.79 Å². The first-order valence-electron chi connectivity index (χ1n) is 6.89. The Morgan fingerprint density at radius 3 is 2.64 bits per heavy atom. The Balaban J connectivity index is 2.30. The van der Waals surface area contributed by atoms with E-state index in [0.29, 0.717) is 34.7 Å². The van der Waals surface area contributed by atoms with E-state index in [1.165, 1.54) is 6.07 Å². The maximum absolute atomic E-state index is 11.6. The number of methoxy groups -OCH3 is 1. The molecule has 5 heteroatoms. The molecule has 2 aromatic heterocycles. The van der Waals surface area contributed by atoms with Gasteiger partial charge in [0.15, 0.2) is 11.2 Å². The first-order chi connectivity index (χ1) is 10.6. The normalized spacial score (nSPS) is 10.9. The van der Waals surface area contributed by atoms with E-state index in [4.69, 9.17) is 18.3 Å². The Morgan fingerprint density at radius 2 is 1.91 bits per heavy atom. The minimum absolute atomic E-state index is 0.328. The lowest BCUT2D eigenvalue weighted by Crippen LogP contribution is -2.01. The lowest BCUT2D eigenvalue weighted by Gasteiger charge is -2.11. The average molecular weight is 300 g/mol. The molecule has 0 radical (unpaired) electrons. The molecule has 0 unspecified atom stereocenters. The fourth-order valence-electron chi connectivity index (χ4n) is 2.32. The molecular formula is C17H16O5. The van der Waals surface area contributed by atoms with E-state index < -0.39 is 5.63 Å². The molecule has 0 N–H and O–H groups in total. The van der Waals surface area contributed by atoms with Crippen LogP contribution in [0.1, 0.15) is 13.8 Å². The number of allylic oxidation sites excluding steroid dienone is 1. The van der Waals surface area contributed by atoms with Crippen molar-refractivity contribution in [3.05, 3.63) is 46.5 Å².